The topological polar surface area (TPSA) is 70.7 Å². The molecular formula is C12H15NO4. The molecule has 5 heteroatoms. The van der Waals surface area contributed by atoms with Crippen molar-refractivity contribution >= 4 is 11.9 Å². The van der Waals surface area contributed by atoms with Crippen LogP contribution in [0.2, 0.25) is 0 Å². The minimum Gasteiger partial charge on any atom is -0.478 e. The molecule has 1 N–H and O–H groups in total. The number of amides is 1. The first-order chi connectivity index (χ1) is 8.18. The van der Waals surface area contributed by atoms with Crippen molar-refractivity contribution in [1.82, 2.24) is 4.90 Å². The fourth-order valence-electron chi connectivity index (χ4n) is 1.99. The highest BCUT2D eigenvalue weighted by Gasteiger charge is 2.21. The van der Waals surface area contributed by atoms with Crippen LogP contribution in [-0.4, -0.2) is 35.0 Å². The lowest BCUT2D eigenvalue weighted by atomic mass is 10.2. The molecule has 0 aliphatic carbocycles. The first-order valence-electron chi connectivity index (χ1n) is 5.79. The Kier molecular flexibility index (Phi) is 3.46. The number of carboxylic acid groups (broad SMARTS) is 1. The van der Waals surface area contributed by atoms with Crippen molar-refractivity contribution in [3.63, 3.8) is 0 Å². The highest BCUT2D eigenvalue weighted by molar-refractivity contribution is 5.95. The average Bonchev–Trinajstić information content (AvgIpc) is 2.65. The number of likely N-dealkylation sites (tertiary alicyclic amines) is 1. The summed E-state index contributed by atoms with van der Waals surface area (Å²) >= 11 is 0. The number of carbonyl (C=O) groups excluding carboxylic acids is 1. The second kappa shape index (κ2) is 5.03. The maximum Gasteiger partial charge on any atom is 0.338 e. The number of carboxylic acids is 1. The van der Waals surface area contributed by atoms with Gasteiger partial charge in [0.05, 0.1) is 5.56 Å². The van der Waals surface area contributed by atoms with Gasteiger partial charge in [-0.25, -0.2) is 4.79 Å². The molecule has 1 aliphatic rings. The Balaban J connectivity index is 2.09. The largest absolute Gasteiger partial charge is 0.478 e. The predicted molar refractivity (Wildman–Crippen MR) is 60.0 cm³/mol. The highest BCUT2D eigenvalue weighted by atomic mass is 16.4. The lowest BCUT2D eigenvalue weighted by Gasteiger charge is -2.18. The van der Waals surface area contributed by atoms with Crippen LogP contribution >= 0.6 is 0 Å². The van der Waals surface area contributed by atoms with E-state index in [2.05, 4.69) is 0 Å². The molecule has 0 radical (unpaired) electrons. The first kappa shape index (κ1) is 11.7. The number of rotatable bonds is 2. The van der Waals surface area contributed by atoms with Gasteiger partial charge >= 0.3 is 5.97 Å². The van der Waals surface area contributed by atoms with Gasteiger partial charge in [-0.2, -0.15) is 0 Å². The summed E-state index contributed by atoms with van der Waals surface area (Å²) in [5.74, 6) is -1.17. The van der Waals surface area contributed by atoms with E-state index in [1.807, 2.05) is 0 Å². The van der Waals surface area contributed by atoms with Gasteiger partial charge in [-0.05, 0) is 12.8 Å². The van der Waals surface area contributed by atoms with Crippen molar-refractivity contribution in [2.24, 2.45) is 0 Å². The molecule has 0 atom stereocenters. The average molecular weight is 237 g/mol. The first-order valence-corrected chi connectivity index (χ1v) is 5.79. The second-order valence-corrected chi connectivity index (χ2v) is 4.21. The summed E-state index contributed by atoms with van der Waals surface area (Å²) in [6.45, 7) is 1.45. The standard InChI is InChI=1S/C12H15NO4/c14-11(13-5-3-1-2-4-6-13)10-7-9(8-17-10)12(15)16/h7-8H,1-6H2,(H,15,16). The molecule has 1 aromatic rings. The molecule has 5 nitrogen and oxygen atoms in total. The third-order valence-electron chi connectivity index (χ3n) is 2.95. The molecule has 1 amide bonds. The summed E-state index contributed by atoms with van der Waals surface area (Å²) in [4.78, 5) is 24.4. The molecule has 0 saturated carbocycles. The number of hydrogen-bond donors (Lipinski definition) is 1. The maximum absolute atomic E-state index is 12.0. The number of hydrogen-bond acceptors (Lipinski definition) is 3. The van der Waals surface area contributed by atoms with Crippen LogP contribution in [0.4, 0.5) is 0 Å². The Morgan fingerprint density at radius 2 is 1.82 bits per heavy atom. The van der Waals surface area contributed by atoms with E-state index >= 15 is 0 Å². The van der Waals surface area contributed by atoms with Crippen LogP contribution in [0, 0.1) is 0 Å². The van der Waals surface area contributed by atoms with Crippen LogP contribution < -0.4 is 0 Å². The number of nitrogens with zero attached hydrogens (tertiary/aromatic N) is 1. The summed E-state index contributed by atoms with van der Waals surface area (Å²) in [5.41, 5.74) is 0.0168. The van der Waals surface area contributed by atoms with Gasteiger partial charge in [-0.3, -0.25) is 4.79 Å². The van der Waals surface area contributed by atoms with E-state index in [0.29, 0.717) is 0 Å². The van der Waals surface area contributed by atoms with Crippen molar-refractivity contribution in [2.75, 3.05) is 13.1 Å². The number of furan rings is 1. The van der Waals surface area contributed by atoms with Gasteiger partial charge in [0, 0.05) is 19.2 Å². The maximum atomic E-state index is 12.0. The van der Waals surface area contributed by atoms with Crippen LogP contribution in [0.1, 0.15) is 46.6 Å². The smallest absolute Gasteiger partial charge is 0.338 e. The number of aromatic carboxylic acids is 1. The van der Waals surface area contributed by atoms with Gasteiger partial charge < -0.3 is 14.4 Å². The minimum atomic E-state index is -1.08. The SMILES string of the molecule is O=C(O)c1coc(C(=O)N2CCCCCC2)c1. The molecule has 1 saturated heterocycles. The molecule has 0 spiro atoms. The van der Waals surface area contributed by atoms with E-state index in [0.717, 1.165) is 45.0 Å². The lowest BCUT2D eigenvalue weighted by Crippen LogP contribution is -2.31. The van der Waals surface area contributed by atoms with Crippen molar-refractivity contribution in [1.29, 1.82) is 0 Å². The second-order valence-electron chi connectivity index (χ2n) is 4.21. The molecule has 2 heterocycles. The lowest BCUT2D eigenvalue weighted by molar-refractivity contribution is 0.0694. The van der Waals surface area contributed by atoms with Gasteiger partial charge in [-0.15, -0.1) is 0 Å². The highest BCUT2D eigenvalue weighted by Crippen LogP contribution is 2.15. The third-order valence-corrected chi connectivity index (χ3v) is 2.95. The third kappa shape index (κ3) is 2.67. The molecule has 17 heavy (non-hydrogen) atoms. The Morgan fingerprint density at radius 3 is 2.35 bits per heavy atom. The molecular weight excluding hydrogens is 222 g/mol. The Hall–Kier alpha value is -1.78. The zero-order chi connectivity index (χ0) is 12.3. The summed E-state index contributed by atoms with van der Waals surface area (Å²) in [6, 6.07) is 1.29. The Bertz CT molecular complexity index is 416. The fourth-order valence-corrected chi connectivity index (χ4v) is 1.99. The molecule has 2 rings (SSSR count). The fraction of sp³-hybridized carbons (Fsp3) is 0.500. The van der Waals surface area contributed by atoms with E-state index in [4.69, 9.17) is 9.52 Å². The summed E-state index contributed by atoms with van der Waals surface area (Å²) in [5, 5.41) is 8.75. The van der Waals surface area contributed by atoms with Crippen LogP contribution in [0.15, 0.2) is 16.7 Å². The molecule has 1 fully saturated rings. The molecule has 1 aliphatic heterocycles. The van der Waals surface area contributed by atoms with Gasteiger partial charge in [0.1, 0.15) is 6.26 Å². The predicted octanol–water partition coefficient (Wildman–Crippen LogP) is 1.99. The molecule has 0 aromatic carbocycles. The van der Waals surface area contributed by atoms with E-state index in [9.17, 15) is 9.59 Å². The summed E-state index contributed by atoms with van der Waals surface area (Å²) in [6.07, 6.45) is 5.38. The van der Waals surface area contributed by atoms with E-state index in [1.54, 1.807) is 4.90 Å². The Labute approximate surface area is 99.0 Å². The quantitative estimate of drug-likeness (QED) is 0.853. The van der Waals surface area contributed by atoms with Crippen LogP contribution in [-0.2, 0) is 0 Å². The normalized spacial score (nSPS) is 16.6. The van der Waals surface area contributed by atoms with Gasteiger partial charge in [0.15, 0.2) is 5.76 Å². The van der Waals surface area contributed by atoms with Crippen molar-refractivity contribution in [3.8, 4) is 0 Å². The monoisotopic (exact) mass is 237 g/mol. The van der Waals surface area contributed by atoms with E-state index in [1.165, 1.54) is 6.07 Å². The zero-order valence-corrected chi connectivity index (χ0v) is 9.52. The van der Waals surface area contributed by atoms with Crippen molar-refractivity contribution < 1.29 is 19.1 Å². The van der Waals surface area contributed by atoms with E-state index in [-0.39, 0.29) is 17.2 Å². The van der Waals surface area contributed by atoms with Crippen LogP contribution in [0.25, 0.3) is 0 Å². The molecule has 92 valence electrons. The summed E-state index contributed by atoms with van der Waals surface area (Å²) in [7, 11) is 0. The zero-order valence-electron chi connectivity index (χ0n) is 9.52. The minimum absolute atomic E-state index is 0.0168. The van der Waals surface area contributed by atoms with Gasteiger partial charge in [-0.1, -0.05) is 12.8 Å². The molecule has 0 unspecified atom stereocenters. The van der Waals surface area contributed by atoms with E-state index < -0.39 is 5.97 Å². The van der Waals surface area contributed by atoms with Crippen molar-refractivity contribution in [3.05, 3.63) is 23.7 Å². The molecule has 0 bridgehead atoms. The summed E-state index contributed by atoms with van der Waals surface area (Å²) < 4.78 is 5.01. The van der Waals surface area contributed by atoms with Crippen LogP contribution in [0.5, 0.6) is 0 Å². The van der Waals surface area contributed by atoms with Gasteiger partial charge in [0.25, 0.3) is 5.91 Å². The van der Waals surface area contributed by atoms with Crippen molar-refractivity contribution in [2.45, 2.75) is 25.7 Å². The van der Waals surface area contributed by atoms with Crippen LogP contribution in [0.3, 0.4) is 0 Å². The van der Waals surface area contributed by atoms with Gasteiger partial charge in [0.2, 0.25) is 0 Å². The number of carbonyl (C=O) groups is 2. The Morgan fingerprint density at radius 1 is 1.18 bits per heavy atom. The molecule has 1 aromatic heterocycles.